The molecule has 1 aliphatic heterocycles. The molecule has 122 valence electrons. The summed E-state index contributed by atoms with van der Waals surface area (Å²) in [6, 6.07) is 3.89. The van der Waals surface area contributed by atoms with Crippen LogP contribution in [0.25, 0.3) is 0 Å². The van der Waals surface area contributed by atoms with E-state index in [1.54, 1.807) is 12.4 Å². The van der Waals surface area contributed by atoms with Crippen LogP contribution in [-0.2, 0) is 6.42 Å². The van der Waals surface area contributed by atoms with E-state index >= 15 is 0 Å². The van der Waals surface area contributed by atoms with Crippen LogP contribution in [0.4, 0.5) is 15.6 Å². The van der Waals surface area contributed by atoms with Gasteiger partial charge in [-0.15, -0.1) is 10.2 Å². The van der Waals surface area contributed by atoms with Crippen molar-refractivity contribution in [3.8, 4) is 0 Å². The van der Waals surface area contributed by atoms with Crippen molar-refractivity contribution in [3.63, 3.8) is 0 Å². The number of pyridine rings is 1. The van der Waals surface area contributed by atoms with E-state index in [0.717, 1.165) is 36.6 Å². The molecule has 3 rings (SSSR count). The van der Waals surface area contributed by atoms with Gasteiger partial charge in [-0.2, -0.15) is 0 Å². The van der Waals surface area contributed by atoms with E-state index in [-0.39, 0.29) is 6.03 Å². The van der Waals surface area contributed by atoms with Gasteiger partial charge < -0.3 is 9.80 Å². The van der Waals surface area contributed by atoms with Gasteiger partial charge in [0.15, 0.2) is 0 Å². The molecular formula is C15H20N6OS. The zero-order valence-corrected chi connectivity index (χ0v) is 13.9. The molecule has 2 aromatic heterocycles. The van der Waals surface area contributed by atoms with E-state index in [1.807, 2.05) is 17.0 Å². The predicted octanol–water partition coefficient (Wildman–Crippen LogP) is 2.24. The molecule has 23 heavy (non-hydrogen) atoms. The molecule has 0 unspecified atom stereocenters. The Labute approximate surface area is 139 Å². The Morgan fingerprint density at radius 2 is 1.96 bits per heavy atom. The van der Waals surface area contributed by atoms with Crippen molar-refractivity contribution in [2.24, 2.45) is 0 Å². The maximum absolute atomic E-state index is 12.3. The third-order valence-electron chi connectivity index (χ3n) is 3.74. The highest BCUT2D eigenvalue weighted by Gasteiger charge is 2.22. The number of carbonyl (C=O) groups excluding carboxylic acids is 1. The first kappa shape index (κ1) is 15.7. The number of anilines is 2. The van der Waals surface area contributed by atoms with Crippen molar-refractivity contribution in [1.82, 2.24) is 20.1 Å². The molecule has 2 aromatic rings. The normalized spacial score (nSPS) is 14.8. The Balaban J connectivity index is 1.51. The molecule has 7 nitrogen and oxygen atoms in total. The molecule has 0 aliphatic carbocycles. The number of carbonyl (C=O) groups is 1. The van der Waals surface area contributed by atoms with Crippen molar-refractivity contribution in [1.29, 1.82) is 0 Å². The Bertz CT molecular complexity index is 638. The minimum Gasteiger partial charge on any atom is -0.368 e. The lowest BCUT2D eigenvalue weighted by Crippen LogP contribution is -2.50. The highest BCUT2D eigenvalue weighted by molar-refractivity contribution is 7.15. The van der Waals surface area contributed by atoms with E-state index in [9.17, 15) is 4.79 Å². The number of aryl methyl sites for hydroxylation is 1. The maximum atomic E-state index is 12.3. The topological polar surface area (TPSA) is 74.2 Å². The summed E-state index contributed by atoms with van der Waals surface area (Å²) in [6.45, 7) is 5.11. The third-order valence-corrected chi connectivity index (χ3v) is 4.64. The monoisotopic (exact) mass is 332 g/mol. The molecule has 0 spiro atoms. The molecule has 0 bridgehead atoms. The molecule has 0 atom stereocenters. The highest BCUT2D eigenvalue weighted by Crippen LogP contribution is 2.18. The standard InChI is InChI=1S/C15H20N6OS/c1-2-3-13-18-19-14(23-13)17-15(22)21-10-8-20(9-11-21)12-4-6-16-7-5-12/h4-7H,2-3,8-11H2,1H3,(H,17,19,22). The molecule has 1 aliphatic rings. The summed E-state index contributed by atoms with van der Waals surface area (Å²) in [5, 5.41) is 12.5. The second-order valence-electron chi connectivity index (χ2n) is 5.36. The Morgan fingerprint density at radius 3 is 2.65 bits per heavy atom. The lowest BCUT2D eigenvalue weighted by molar-refractivity contribution is 0.208. The summed E-state index contributed by atoms with van der Waals surface area (Å²) in [5.41, 5.74) is 1.15. The predicted molar refractivity (Wildman–Crippen MR) is 90.9 cm³/mol. The second-order valence-corrected chi connectivity index (χ2v) is 6.42. The van der Waals surface area contributed by atoms with E-state index in [2.05, 4.69) is 32.3 Å². The minimum absolute atomic E-state index is 0.0985. The molecule has 3 heterocycles. The number of nitrogens with one attached hydrogen (secondary N) is 1. The number of piperazine rings is 1. The molecule has 1 fully saturated rings. The van der Waals surface area contributed by atoms with E-state index in [0.29, 0.717) is 18.2 Å². The molecule has 2 amide bonds. The molecule has 1 N–H and O–H groups in total. The largest absolute Gasteiger partial charge is 0.368 e. The highest BCUT2D eigenvalue weighted by atomic mass is 32.1. The van der Waals surface area contributed by atoms with Gasteiger partial charge in [-0.3, -0.25) is 10.3 Å². The first-order valence-electron chi connectivity index (χ1n) is 7.79. The fourth-order valence-electron chi connectivity index (χ4n) is 2.51. The third kappa shape index (κ3) is 3.95. The molecule has 8 heteroatoms. The van der Waals surface area contributed by atoms with Gasteiger partial charge in [-0.25, -0.2) is 4.79 Å². The minimum atomic E-state index is -0.0985. The van der Waals surface area contributed by atoms with Gasteiger partial charge in [0.25, 0.3) is 0 Å². The van der Waals surface area contributed by atoms with Gasteiger partial charge in [0.2, 0.25) is 5.13 Å². The zero-order valence-electron chi connectivity index (χ0n) is 13.1. The summed E-state index contributed by atoms with van der Waals surface area (Å²) >= 11 is 1.45. The first-order chi connectivity index (χ1) is 11.3. The van der Waals surface area contributed by atoms with Crippen LogP contribution in [0.1, 0.15) is 18.4 Å². The number of amides is 2. The van der Waals surface area contributed by atoms with Crippen LogP contribution in [0.15, 0.2) is 24.5 Å². The number of nitrogens with zero attached hydrogens (tertiary/aromatic N) is 5. The number of urea groups is 1. The second kappa shape index (κ2) is 7.36. The van der Waals surface area contributed by atoms with Crippen molar-refractivity contribution in [3.05, 3.63) is 29.5 Å². The van der Waals surface area contributed by atoms with Crippen molar-refractivity contribution in [2.45, 2.75) is 19.8 Å². The van der Waals surface area contributed by atoms with Crippen LogP contribution >= 0.6 is 11.3 Å². The fraction of sp³-hybridized carbons (Fsp3) is 0.467. The van der Waals surface area contributed by atoms with Crippen molar-refractivity contribution in [2.75, 3.05) is 36.4 Å². The van der Waals surface area contributed by atoms with E-state index in [1.165, 1.54) is 11.3 Å². The van der Waals surface area contributed by atoms with Gasteiger partial charge in [0, 0.05) is 50.7 Å². The molecular weight excluding hydrogens is 312 g/mol. The summed E-state index contributed by atoms with van der Waals surface area (Å²) < 4.78 is 0. The fourth-order valence-corrected chi connectivity index (χ4v) is 3.34. The number of hydrogen-bond donors (Lipinski definition) is 1. The van der Waals surface area contributed by atoms with Gasteiger partial charge in [-0.1, -0.05) is 18.3 Å². The van der Waals surface area contributed by atoms with Crippen molar-refractivity contribution >= 4 is 28.2 Å². The van der Waals surface area contributed by atoms with Crippen molar-refractivity contribution < 1.29 is 4.79 Å². The Morgan fingerprint density at radius 1 is 1.22 bits per heavy atom. The SMILES string of the molecule is CCCc1nnc(NC(=O)N2CCN(c3ccncc3)CC2)s1. The zero-order chi connectivity index (χ0) is 16.1. The molecule has 0 aromatic carbocycles. The Hall–Kier alpha value is -2.22. The van der Waals surface area contributed by atoms with Gasteiger partial charge in [0.1, 0.15) is 5.01 Å². The average molecular weight is 332 g/mol. The van der Waals surface area contributed by atoms with Crippen LogP contribution in [0, 0.1) is 0 Å². The quantitative estimate of drug-likeness (QED) is 0.929. The van der Waals surface area contributed by atoms with E-state index in [4.69, 9.17) is 0 Å². The summed E-state index contributed by atoms with van der Waals surface area (Å²) in [4.78, 5) is 20.4. The molecule has 0 saturated carbocycles. The van der Waals surface area contributed by atoms with Crippen LogP contribution in [0.2, 0.25) is 0 Å². The van der Waals surface area contributed by atoms with Gasteiger partial charge in [-0.05, 0) is 18.6 Å². The molecule has 1 saturated heterocycles. The molecule has 0 radical (unpaired) electrons. The Kier molecular flexibility index (Phi) is 5.02. The number of aromatic nitrogens is 3. The number of hydrogen-bond acceptors (Lipinski definition) is 6. The summed E-state index contributed by atoms with van der Waals surface area (Å²) in [6.07, 6.45) is 5.51. The summed E-state index contributed by atoms with van der Waals surface area (Å²) in [5.74, 6) is 0. The lowest BCUT2D eigenvalue weighted by Gasteiger charge is -2.35. The van der Waals surface area contributed by atoms with Gasteiger partial charge in [0.05, 0.1) is 0 Å². The lowest BCUT2D eigenvalue weighted by atomic mass is 10.3. The summed E-state index contributed by atoms with van der Waals surface area (Å²) in [7, 11) is 0. The van der Waals surface area contributed by atoms with Crippen LogP contribution in [0.5, 0.6) is 0 Å². The first-order valence-corrected chi connectivity index (χ1v) is 8.61. The number of rotatable bonds is 4. The smallest absolute Gasteiger partial charge is 0.323 e. The van der Waals surface area contributed by atoms with Gasteiger partial charge >= 0.3 is 6.03 Å². The van der Waals surface area contributed by atoms with E-state index < -0.39 is 0 Å². The average Bonchev–Trinajstić information content (AvgIpc) is 3.03. The van der Waals surface area contributed by atoms with Crippen LogP contribution in [0.3, 0.4) is 0 Å². The maximum Gasteiger partial charge on any atom is 0.323 e. The van der Waals surface area contributed by atoms with Crippen LogP contribution < -0.4 is 10.2 Å². The van der Waals surface area contributed by atoms with Crippen LogP contribution in [-0.4, -0.2) is 52.3 Å².